The first-order valence-corrected chi connectivity index (χ1v) is 6.54. The minimum Gasteiger partial charge on any atom is -0.311 e. The summed E-state index contributed by atoms with van der Waals surface area (Å²) >= 11 is 0. The van der Waals surface area contributed by atoms with Gasteiger partial charge in [-0.3, -0.25) is 14.0 Å². The minimum absolute atomic E-state index is 0.136. The zero-order chi connectivity index (χ0) is 13.4. The molecule has 98 valence electrons. The number of aromatic nitrogens is 2. The van der Waals surface area contributed by atoms with Gasteiger partial charge in [-0.2, -0.15) is 0 Å². The molecule has 0 bridgehead atoms. The third kappa shape index (κ3) is 1.82. The molecule has 1 amide bonds. The van der Waals surface area contributed by atoms with Crippen molar-refractivity contribution in [3.63, 3.8) is 0 Å². The number of pyridine rings is 1. The third-order valence-electron chi connectivity index (χ3n) is 3.51. The fourth-order valence-electron chi connectivity index (χ4n) is 2.49. The van der Waals surface area contributed by atoms with Crippen LogP contribution in [0.25, 0.3) is 5.65 Å². The highest BCUT2D eigenvalue weighted by molar-refractivity contribution is 6.14. The molecule has 2 aromatic rings. The number of anilines is 1. The fourth-order valence-corrected chi connectivity index (χ4v) is 2.49. The molecule has 5 nitrogen and oxygen atoms in total. The summed E-state index contributed by atoms with van der Waals surface area (Å²) < 4.78 is 1.71. The fraction of sp³-hybridized carbons (Fsp3) is 0.357. The Hall–Kier alpha value is -2.17. The lowest BCUT2D eigenvalue weighted by molar-refractivity contribution is -0.118. The van der Waals surface area contributed by atoms with Crippen molar-refractivity contribution in [2.24, 2.45) is 5.92 Å². The largest absolute Gasteiger partial charge is 0.311 e. The van der Waals surface area contributed by atoms with Gasteiger partial charge in [0.15, 0.2) is 5.78 Å². The number of carbonyl (C=O) groups excluding carboxylic acids is 2. The van der Waals surface area contributed by atoms with E-state index >= 15 is 0 Å². The van der Waals surface area contributed by atoms with Crippen molar-refractivity contribution >= 4 is 23.2 Å². The number of nitrogens with one attached hydrogen (secondary N) is 1. The highest BCUT2D eigenvalue weighted by atomic mass is 16.2. The van der Waals surface area contributed by atoms with Gasteiger partial charge in [0.2, 0.25) is 5.91 Å². The van der Waals surface area contributed by atoms with Crippen molar-refractivity contribution in [3.8, 4) is 0 Å². The number of ketones is 1. The number of hydrogen-bond acceptors (Lipinski definition) is 3. The first-order chi connectivity index (χ1) is 9.22. The summed E-state index contributed by atoms with van der Waals surface area (Å²) in [7, 11) is 0. The van der Waals surface area contributed by atoms with Crippen LogP contribution in [0.3, 0.4) is 0 Å². The topological polar surface area (TPSA) is 63.5 Å². The van der Waals surface area contributed by atoms with E-state index in [1.165, 1.54) is 0 Å². The number of nitrogens with zero attached hydrogens (tertiary/aromatic N) is 2. The van der Waals surface area contributed by atoms with Crippen molar-refractivity contribution in [3.05, 3.63) is 30.1 Å². The zero-order valence-electron chi connectivity index (χ0n) is 10.7. The number of carbonyl (C=O) groups is 2. The Morgan fingerprint density at radius 2 is 2.21 bits per heavy atom. The second-order valence-electron chi connectivity index (χ2n) is 4.80. The van der Waals surface area contributed by atoms with Gasteiger partial charge >= 0.3 is 0 Å². The molecule has 0 fully saturated rings. The molecule has 0 saturated carbocycles. The van der Waals surface area contributed by atoms with Crippen molar-refractivity contribution in [1.82, 2.24) is 9.38 Å². The lowest BCUT2D eigenvalue weighted by Crippen LogP contribution is -2.27. The van der Waals surface area contributed by atoms with E-state index < -0.39 is 5.92 Å². The van der Waals surface area contributed by atoms with Gasteiger partial charge in [0.25, 0.3) is 0 Å². The van der Waals surface area contributed by atoms with Gasteiger partial charge in [0.05, 0.1) is 6.20 Å². The van der Waals surface area contributed by atoms with E-state index in [1.807, 2.05) is 19.1 Å². The SMILES string of the molecule is CCCCC1C(=O)Nc2cccc3ncc(n23)C1=O. The molecule has 0 spiro atoms. The van der Waals surface area contributed by atoms with E-state index in [4.69, 9.17) is 0 Å². The maximum atomic E-state index is 12.5. The summed E-state index contributed by atoms with van der Waals surface area (Å²) in [6, 6.07) is 5.42. The van der Waals surface area contributed by atoms with Crippen molar-refractivity contribution in [1.29, 1.82) is 0 Å². The number of unbranched alkanes of at least 4 members (excludes halogenated alkanes) is 1. The first kappa shape index (κ1) is 11.9. The van der Waals surface area contributed by atoms with Crippen LogP contribution in [0.1, 0.15) is 36.7 Å². The van der Waals surface area contributed by atoms with Crippen molar-refractivity contribution in [2.75, 3.05) is 5.32 Å². The Balaban J connectivity index is 2.11. The Morgan fingerprint density at radius 1 is 1.37 bits per heavy atom. The Labute approximate surface area is 110 Å². The summed E-state index contributed by atoms with van der Waals surface area (Å²) in [6.45, 7) is 2.05. The number of rotatable bonds is 3. The van der Waals surface area contributed by atoms with Crippen LogP contribution in [0.4, 0.5) is 5.82 Å². The predicted octanol–water partition coefficient (Wildman–Crippen LogP) is 2.28. The van der Waals surface area contributed by atoms with Crippen LogP contribution in [0, 0.1) is 5.92 Å². The van der Waals surface area contributed by atoms with Crippen LogP contribution >= 0.6 is 0 Å². The second-order valence-corrected chi connectivity index (χ2v) is 4.80. The van der Waals surface area contributed by atoms with Gasteiger partial charge in [-0.1, -0.05) is 25.8 Å². The smallest absolute Gasteiger partial charge is 0.236 e. The average molecular weight is 257 g/mol. The summed E-state index contributed by atoms with van der Waals surface area (Å²) in [6.07, 6.45) is 3.97. The van der Waals surface area contributed by atoms with Gasteiger partial charge < -0.3 is 5.32 Å². The molecule has 1 aliphatic rings. The predicted molar refractivity (Wildman–Crippen MR) is 71.2 cm³/mol. The minimum atomic E-state index is -0.604. The normalized spacial score (nSPS) is 18.5. The first-order valence-electron chi connectivity index (χ1n) is 6.54. The Morgan fingerprint density at radius 3 is 3.00 bits per heavy atom. The van der Waals surface area contributed by atoms with Crippen LogP contribution in [-0.4, -0.2) is 21.1 Å². The molecule has 1 unspecified atom stereocenters. The molecule has 1 atom stereocenters. The van der Waals surface area contributed by atoms with E-state index in [0.29, 0.717) is 23.6 Å². The highest BCUT2D eigenvalue weighted by Gasteiger charge is 2.32. The van der Waals surface area contributed by atoms with E-state index in [0.717, 1.165) is 12.8 Å². The van der Waals surface area contributed by atoms with E-state index in [1.54, 1.807) is 16.7 Å². The van der Waals surface area contributed by atoms with Gasteiger partial charge in [0, 0.05) is 0 Å². The summed E-state index contributed by atoms with van der Waals surface area (Å²) in [4.78, 5) is 28.9. The number of hydrogen-bond donors (Lipinski definition) is 1. The van der Waals surface area contributed by atoms with Crippen LogP contribution in [-0.2, 0) is 4.79 Å². The maximum Gasteiger partial charge on any atom is 0.236 e. The Bertz CT molecular complexity index is 660. The van der Waals surface area contributed by atoms with E-state index in [2.05, 4.69) is 10.3 Å². The number of amides is 1. The number of Topliss-reactive ketones (excluding diaryl/α,β-unsaturated/α-hetero) is 1. The monoisotopic (exact) mass is 257 g/mol. The van der Waals surface area contributed by atoms with Crippen molar-refractivity contribution < 1.29 is 9.59 Å². The van der Waals surface area contributed by atoms with E-state index in [9.17, 15) is 9.59 Å². The van der Waals surface area contributed by atoms with Gasteiger partial charge in [-0.15, -0.1) is 0 Å². The molecule has 1 aliphatic heterocycles. The Kier molecular flexibility index (Phi) is 2.81. The molecular formula is C14H15N3O2. The number of imidazole rings is 1. The van der Waals surface area contributed by atoms with Crippen LogP contribution < -0.4 is 5.32 Å². The zero-order valence-corrected chi connectivity index (χ0v) is 10.7. The van der Waals surface area contributed by atoms with Gasteiger partial charge in [-0.25, -0.2) is 4.98 Å². The lowest BCUT2D eigenvalue weighted by atomic mass is 9.95. The molecule has 19 heavy (non-hydrogen) atoms. The van der Waals surface area contributed by atoms with Crippen LogP contribution in [0.15, 0.2) is 24.4 Å². The van der Waals surface area contributed by atoms with E-state index in [-0.39, 0.29) is 11.7 Å². The summed E-state index contributed by atoms with van der Waals surface area (Å²) in [5.41, 5.74) is 1.17. The third-order valence-corrected chi connectivity index (χ3v) is 3.51. The molecule has 0 aromatic carbocycles. The standard InChI is InChI=1S/C14H15N3O2/c1-2-3-5-9-13(18)10-8-15-11-6-4-7-12(17(10)11)16-14(9)19/h4,6-9H,2-3,5H2,1H3,(H,16,19). The van der Waals surface area contributed by atoms with Crippen molar-refractivity contribution in [2.45, 2.75) is 26.2 Å². The second kappa shape index (κ2) is 4.50. The molecule has 3 heterocycles. The van der Waals surface area contributed by atoms with Gasteiger partial charge in [0.1, 0.15) is 23.1 Å². The highest BCUT2D eigenvalue weighted by Crippen LogP contribution is 2.25. The molecule has 5 heteroatoms. The quantitative estimate of drug-likeness (QED) is 0.858. The molecule has 3 rings (SSSR count). The van der Waals surface area contributed by atoms with Crippen LogP contribution in [0.2, 0.25) is 0 Å². The average Bonchev–Trinajstić information content (AvgIpc) is 2.79. The van der Waals surface area contributed by atoms with Crippen LogP contribution in [0.5, 0.6) is 0 Å². The molecule has 2 aromatic heterocycles. The van der Waals surface area contributed by atoms with Gasteiger partial charge in [-0.05, 0) is 18.6 Å². The summed E-state index contributed by atoms with van der Waals surface area (Å²) in [5.74, 6) is -0.340. The lowest BCUT2D eigenvalue weighted by Gasteiger charge is -2.10. The maximum absolute atomic E-state index is 12.5. The summed E-state index contributed by atoms with van der Waals surface area (Å²) in [5, 5.41) is 2.83. The molecule has 1 N–H and O–H groups in total. The molecule has 0 saturated heterocycles. The molecule has 0 aliphatic carbocycles. The molecular weight excluding hydrogens is 242 g/mol. The molecule has 0 radical (unpaired) electrons.